The average molecular weight is 210 g/mol. The lowest BCUT2D eigenvalue weighted by molar-refractivity contribution is 0.0462. The molecule has 15 heavy (non-hydrogen) atoms. The van der Waals surface area contributed by atoms with Crippen LogP contribution in [0.2, 0.25) is 0 Å². The zero-order valence-electron chi connectivity index (χ0n) is 10.5. The monoisotopic (exact) mass is 210 g/mol. The molecule has 2 rings (SSSR count). The Labute approximate surface area is 94.4 Å². The normalized spacial score (nSPS) is 39.0. The van der Waals surface area contributed by atoms with Crippen LogP contribution in [0.1, 0.15) is 52.4 Å². The zero-order chi connectivity index (χ0) is 10.8. The fraction of sp³-hybridized carbons (Fsp3) is 1.00. The van der Waals surface area contributed by atoms with E-state index in [0.717, 1.165) is 18.1 Å². The van der Waals surface area contributed by atoms with Crippen LogP contribution < -0.4 is 5.32 Å². The molecule has 0 aromatic carbocycles. The predicted molar refractivity (Wildman–Crippen MR) is 65.1 cm³/mol. The van der Waals surface area contributed by atoms with Crippen molar-refractivity contribution in [2.75, 3.05) is 7.05 Å². The van der Waals surface area contributed by atoms with Crippen LogP contribution in [0.5, 0.6) is 0 Å². The van der Waals surface area contributed by atoms with Gasteiger partial charge in [-0.2, -0.15) is 0 Å². The summed E-state index contributed by atoms with van der Waals surface area (Å²) < 4.78 is 0. The first-order chi connectivity index (χ1) is 7.20. The van der Waals surface area contributed by atoms with E-state index in [1.807, 2.05) is 0 Å². The second-order valence-electron chi connectivity index (χ2n) is 5.55. The quantitative estimate of drug-likeness (QED) is 0.769. The molecule has 0 aliphatic carbocycles. The summed E-state index contributed by atoms with van der Waals surface area (Å²) in [6.07, 6.45) is 8.30. The summed E-state index contributed by atoms with van der Waals surface area (Å²) in [6.45, 7) is 4.58. The van der Waals surface area contributed by atoms with Crippen molar-refractivity contribution < 1.29 is 0 Å². The molecular weight excluding hydrogens is 184 g/mol. The molecule has 0 spiro atoms. The first-order valence-electron chi connectivity index (χ1n) is 6.68. The van der Waals surface area contributed by atoms with Gasteiger partial charge in [-0.1, -0.05) is 13.3 Å². The van der Waals surface area contributed by atoms with Crippen LogP contribution in [0.25, 0.3) is 0 Å². The molecular formula is C13H26N2. The summed E-state index contributed by atoms with van der Waals surface area (Å²) in [5.41, 5.74) is 0. The molecule has 3 unspecified atom stereocenters. The topological polar surface area (TPSA) is 15.3 Å². The van der Waals surface area contributed by atoms with Crippen LogP contribution in [0.4, 0.5) is 0 Å². The van der Waals surface area contributed by atoms with Crippen molar-refractivity contribution in [1.82, 2.24) is 10.2 Å². The molecule has 2 bridgehead atoms. The molecule has 2 saturated heterocycles. The van der Waals surface area contributed by atoms with Crippen molar-refractivity contribution in [1.29, 1.82) is 0 Å². The van der Waals surface area contributed by atoms with E-state index in [4.69, 9.17) is 0 Å². The Kier molecular flexibility index (Phi) is 3.68. The van der Waals surface area contributed by atoms with Crippen molar-refractivity contribution in [3.05, 3.63) is 0 Å². The highest BCUT2D eigenvalue weighted by Gasteiger charge is 2.35. The van der Waals surface area contributed by atoms with E-state index >= 15 is 0 Å². The Hall–Kier alpha value is -0.0800. The molecule has 2 heterocycles. The van der Waals surface area contributed by atoms with Gasteiger partial charge in [-0.3, -0.25) is 0 Å². The lowest BCUT2D eigenvalue weighted by atomic mass is 9.82. The van der Waals surface area contributed by atoms with Crippen LogP contribution in [0.3, 0.4) is 0 Å². The first-order valence-corrected chi connectivity index (χ1v) is 6.68. The smallest absolute Gasteiger partial charge is 0.0110 e. The van der Waals surface area contributed by atoms with E-state index in [0.29, 0.717) is 6.04 Å². The molecule has 3 atom stereocenters. The lowest BCUT2D eigenvalue weighted by Crippen LogP contribution is -2.55. The standard InChI is InChI=1S/C13H26N2/c1-4-10(2)14-11-8-12-6-5-7-13(9-11)15(12)3/h10-14H,4-9H2,1-3H3. The summed E-state index contributed by atoms with van der Waals surface area (Å²) >= 11 is 0. The summed E-state index contributed by atoms with van der Waals surface area (Å²) in [5, 5.41) is 3.79. The molecule has 0 aromatic heterocycles. The summed E-state index contributed by atoms with van der Waals surface area (Å²) in [6, 6.07) is 3.20. The first kappa shape index (κ1) is 11.4. The van der Waals surface area contributed by atoms with E-state index in [-0.39, 0.29) is 0 Å². The van der Waals surface area contributed by atoms with Crippen molar-refractivity contribution in [2.45, 2.75) is 76.5 Å². The fourth-order valence-electron chi connectivity index (χ4n) is 3.27. The number of hydrogen-bond acceptors (Lipinski definition) is 2. The van der Waals surface area contributed by atoms with E-state index in [1.54, 1.807) is 0 Å². The SMILES string of the molecule is CCC(C)NC1CC2CCCC(C1)N2C. The van der Waals surface area contributed by atoms with Crippen LogP contribution in [0, 0.1) is 0 Å². The van der Waals surface area contributed by atoms with Gasteiger partial charge in [-0.15, -0.1) is 0 Å². The maximum Gasteiger partial charge on any atom is 0.0110 e. The van der Waals surface area contributed by atoms with Gasteiger partial charge in [-0.25, -0.2) is 0 Å². The number of nitrogens with one attached hydrogen (secondary N) is 1. The maximum absolute atomic E-state index is 3.79. The Balaban J connectivity index is 1.89. The predicted octanol–water partition coefficient (Wildman–Crippen LogP) is 2.39. The molecule has 0 amide bonds. The van der Waals surface area contributed by atoms with Crippen molar-refractivity contribution >= 4 is 0 Å². The summed E-state index contributed by atoms with van der Waals surface area (Å²) in [4.78, 5) is 2.64. The summed E-state index contributed by atoms with van der Waals surface area (Å²) in [7, 11) is 2.33. The third-order valence-corrected chi connectivity index (χ3v) is 4.47. The van der Waals surface area contributed by atoms with Crippen molar-refractivity contribution in [3.8, 4) is 0 Å². The van der Waals surface area contributed by atoms with Crippen LogP contribution >= 0.6 is 0 Å². The van der Waals surface area contributed by atoms with Gasteiger partial charge in [0.25, 0.3) is 0 Å². The minimum absolute atomic E-state index is 0.694. The molecule has 2 fully saturated rings. The fourth-order valence-corrected chi connectivity index (χ4v) is 3.27. The van der Waals surface area contributed by atoms with Crippen LogP contribution in [0.15, 0.2) is 0 Å². The van der Waals surface area contributed by atoms with Gasteiger partial charge < -0.3 is 10.2 Å². The van der Waals surface area contributed by atoms with Gasteiger partial charge in [0.2, 0.25) is 0 Å². The van der Waals surface area contributed by atoms with E-state index in [9.17, 15) is 0 Å². The van der Waals surface area contributed by atoms with E-state index < -0.39 is 0 Å². The van der Waals surface area contributed by atoms with Gasteiger partial charge in [0.1, 0.15) is 0 Å². The molecule has 2 nitrogen and oxygen atoms in total. The minimum Gasteiger partial charge on any atom is -0.311 e. The number of fused-ring (bicyclic) bond motifs is 2. The van der Waals surface area contributed by atoms with Gasteiger partial charge in [0, 0.05) is 24.2 Å². The highest BCUT2D eigenvalue weighted by Crippen LogP contribution is 2.32. The Morgan fingerprint density at radius 2 is 1.87 bits per heavy atom. The third kappa shape index (κ3) is 2.54. The number of nitrogens with zero attached hydrogens (tertiary/aromatic N) is 1. The second kappa shape index (κ2) is 4.84. The second-order valence-corrected chi connectivity index (χ2v) is 5.55. The van der Waals surface area contributed by atoms with Gasteiger partial charge >= 0.3 is 0 Å². The van der Waals surface area contributed by atoms with Crippen LogP contribution in [-0.4, -0.2) is 36.1 Å². The van der Waals surface area contributed by atoms with Gasteiger partial charge in [0.05, 0.1) is 0 Å². The lowest BCUT2D eigenvalue weighted by Gasteiger charge is -2.47. The van der Waals surface area contributed by atoms with Gasteiger partial charge in [-0.05, 0) is 46.1 Å². The largest absolute Gasteiger partial charge is 0.311 e. The molecule has 88 valence electrons. The molecule has 0 radical (unpaired) electrons. The summed E-state index contributed by atoms with van der Waals surface area (Å²) in [5.74, 6) is 0. The Morgan fingerprint density at radius 3 is 2.40 bits per heavy atom. The third-order valence-electron chi connectivity index (χ3n) is 4.47. The zero-order valence-corrected chi connectivity index (χ0v) is 10.5. The number of piperidine rings is 2. The Morgan fingerprint density at radius 1 is 1.27 bits per heavy atom. The number of rotatable bonds is 3. The van der Waals surface area contributed by atoms with Crippen molar-refractivity contribution in [3.63, 3.8) is 0 Å². The van der Waals surface area contributed by atoms with Crippen LogP contribution in [-0.2, 0) is 0 Å². The highest BCUT2D eigenvalue weighted by atomic mass is 15.2. The van der Waals surface area contributed by atoms with Gasteiger partial charge in [0.15, 0.2) is 0 Å². The van der Waals surface area contributed by atoms with Crippen molar-refractivity contribution in [2.24, 2.45) is 0 Å². The van der Waals surface area contributed by atoms with E-state index in [1.165, 1.54) is 38.5 Å². The molecule has 2 aliphatic heterocycles. The molecule has 1 N–H and O–H groups in total. The average Bonchev–Trinajstić information content (AvgIpc) is 2.19. The number of hydrogen-bond donors (Lipinski definition) is 1. The Bertz CT molecular complexity index is 191. The molecule has 2 heteroatoms. The maximum atomic E-state index is 3.79. The molecule has 2 aliphatic rings. The van der Waals surface area contributed by atoms with E-state index in [2.05, 4.69) is 31.1 Å². The molecule has 0 saturated carbocycles. The highest BCUT2D eigenvalue weighted by molar-refractivity contribution is 4.93. The molecule has 0 aromatic rings. The minimum atomic E-state index is 0.694.